The summed E-state index contributed by atoms with van der Waals surface area (Å²) in [6.45, 7) is 7.15. The minimum atomic E-state index is -1.13. The van der Waals surface area contributed by atoms with Gasteiger partial charge >= 0.3 is 6.09 Å². The first-order valence-electron chi connectivity index (χ1n) is 21.7. The smallest absolute Gasteiger partial charge is 0.404 e. The molecule has 5 atom stereocenters. The Morgan fingerprint density at radius 1 is 0.820 bits per heavy atom. The normalized spacial score (nSPS) is 19.6. The Morgan fingerprint density at radius 2 is 1.46 bits per heavy atom. The van der Waals surface area contributed by atoms with Crippen LogP contribution in [0.5, 0.6) is 0 Å². The van der Waals surface area contributed by atoms with E-state index in [9.17, 15) is 19.5 Å². The minimum Gasteiger partial charge on any atom is -0.465 e. The molecule has 0 radical (unpaired) electrons. The van der Waals surface area contributed by atoms with Crippen molar-refractivity contribution in [2.24, 2.45) is 0 Å². The molecule has 4 heterocycles. The van der Waals surface area contributed by atoms with Crippen molar-refractivity contribution in [2.75, 3.05) is 31.1 Å². The van der Waals surface area contributed by atoms with Gasteiger partial charge in [-0.1, -0.05) is 111 Å². The Balaban J connectivity index is 0.914. The fourth-order valence-corrected chi connectivity index (χ4v) is 9.47. The highest BCUT2D eigenvalue weighted by atomic mass is 16.4. The second-order valence-electron chi connectivity index (χ2n) is 16.2. The molecule has 3 aliphatic rings. The van der Waals surface area contributed by atoms with E-state index in [0.717, 1.165) is 83.8 Å². The molecule has 12 heteroatoms. The Hall–Kier alpha value is -6.40. The molecule has 0 bridgehead atoms. The molecule has 4 N–H and O–H groups in total. The van der Waals surface area contributed by atoms with Crippen LogP contribution in [0.15, 0.2) is 128 Å². The van der Waals surface area contributed by atoms with Crippen LogP contribution in [0.1, 0.15) is 75.0 Å². The van der Waals surface area contributed by atoms with Crippen molar-refractivity contribution >= 4 is 23.6 Å². The molecule has 1 unspecified atom stereocenters. The van der Waals surface area contributed by atoms with Crippen molar-refractivity contribution < 1.29 is 19.5 Å². The number of rotatable bonds is 15. The number of aromatic amines is 1. The van der Waals surface area contributed by atoms with E-state index in [-0.39, 0.29) is 42.5 Å². The van der Waals surface area contributed by atoms with Crippen LogP contribution in [0.4, 0.5) is 10.5 Å². The topological polar surface area (TPSA) is 137 Å². The number of hydrogen-bond donors (Lipinski definition) is 4. The lowest BCUT2D eigenvalue weighted by Crippen LogP contribution is -2.53. The predicted molar refractivity (Wildman–Crippen MR) is 238 cm³/mol. The zero-order valence-electron chi connectivity index (χ0n) is 35.0. The van der Waals surface area contributed by atoms with Gasteiger partial charge in [-0.15, -0.1) is 0 Å². The maximum absolute atomic E-state index is 14.3. The highest BCUT2D eigenvalue weighted by Crippen LogP contribution is 2.36. The van der Waals surface area contributed by atoms with Crippen molar-refractivity contribution in [1.82, 2.24) is 35.3 Å². The van der Waals surface area contributed by atoms with Gasteiger partial charge < -0.3 is 35.4 Å². The van der Waals surface area contributed by atoms with Crippen LogP contribution in [0.2, 0.25) is 0 Å². The molecule has 8 rings (SSSR count). The lowest BCUT2D eigenvalue weighted by molar-refractivity contribution is -0.138. The van der Waals surface area contributed by atoms with Gasteiger partial charge in [-0.3, -0.25) is 14.5 Å². The highest BCUT2D eigenvalue weighted by Gasteiger charge is 2.40. The summed E-state index contributed by atoms with van der Waals surface area (Å²) in [5.74, 6) is 0.905. The van der Waals surface area contributed by atoms with Gasteiger partial charge in [0.25, 0.3) is 0 Å². The van der Waals surface area contributed by atoms with Crippen LogP contribution in [0.3, 0.4) is 0 Å². The summed E-state index contributed by atoms with van der Waals surface area (Å²) in [6, 6.07) is 35.7. The molecule has 2 fully saturated rings. The van der Waals surface area contributed by atoms with E-state index < -0.39 is 12.1 Å². The van der Waals surface area contributed by atoms with Gasteiger partial charge in [0.1, 0.15) is 18.0 Å². The van der Waals surface area contributed by atoms with Crippen LogP contribution >= 0.6 is 0 Å². The molecular formula is C49H56N8O4. The number of H-pyrrole nitrogens is 1. The summed E-state index contributed by atoms with van der Waals surface area (Å²) in [7, 11) is 0. The molecule has 0 aliphatic carbocycles. The van der Waals surface area contributed by atoms with Crippen LogP contribution in [0, 0.1) is 0 Å². The number of likely N-dealkylation sites (N-methyl/N-ethyl adjacent to an activating group) is 1. The van der Waals surface area contributed by atoms with Crippen molar-refractivity contribution in [1.29, 1.82) is 0 Å². The molecule has 0 saturated carbocycles. The van der Waals surface area contributed by atoms with Crippen molar-refractivity contribution in [2.45, 2.75) is 82.7 Å². The number of hydrogen-bond acceptors (Lipinski definition) is 7. The summed E-state index contributed by atoms with van der Waals surface area (Å²) < 4.78 is 0. The van der Waals surface area contributed by atoms with Crippen LogP contribution in [0.25, 0.3) is 22.4 Å². The molecule has 5 aromatic rings. The van der Waals surface area contributed by atoms with Crippen LogP contribution in [-0.2, 0) is 16.0 Å². The molecule has 1 aromatic heterocycles. The zero-order chi connectivity index (χ0) is 42.3. The van der Waals surface area contributed by atoms with E-state index in [0.29, 0.717) is 19.5 Å². The second-order valence-corrected chi connectivity index (χ2v) is 16.2. The number of carbonyl (C=O) groups is 3. The maximum atomic E-state index is 14.3. The molecule has 0 spiro atoms. The molecule has 12 nitrogen and oxygen atoms in total. The van der Waals surface area contributed by atoms with Crippen molar-refractivity contribution in [3.8, 4) is 22.4 Å². The molecule has 61 heavy (non-hydrogen) atoms. The van der Waals surface area contributed by atoms with E-state index in [2.05, 4.69) is 99.9 Å². The molecular weight excluding hydrogens is 765 g/mol. The first-order chi connectivity index (χ1) is 29.8. The highest BCUT2D eigenvalue weighted by molar-refractivity contribution is 5.84. The summed E-state index contributed by atoms with van der Waals surface area (Å²) in [6.07, 6.45) is 8.65. The van der Waals surface area contributed by atoms with Gasteiger partial charge in [-0.05, 0) is 85.1 Å². The quantitative estimate of drug-likeness (QED) is 0.0836. The third-order valence-electron chi connectivity index (χ3n) is 12.5. The first-order valence-corrected chi connectivity index (χ1v) is 21.7. The lowest BCUT2D eigenvalue weighted by Gasteiger charge is -2.36. The first kappa shape index (κ1) is 41.3. The summed E-state index contributed by atoms with van der Waals surface area (Å²) in [4.78, 5) is 56.4. The molecule has 316 valence electrons. The second kappa shape index (κ2) is 18.9. The maximum Gasteiger partial charge on any atom is 0.404 e. The molecule has 3 aliphatic heterocycles. The standard InChI is InChI=1S/C49H56N8O4/c1-3-54(4-2)45(38-15-9-6-10-16-38)48(59)57-29-11-17-42(57)46-51-33-41(53-46)37-21-19-35(20-22-37)36-23-25-40(26-24-36)55-30-27-50-47(55)43-18-12-28-56(43)44(58)32-39(52-49(60)61)31-34-13-7-5-8-14-34/h5-10,13-16,19-27,30,33,39,42-43,45,47,50,52H,3-4,11-12,17-18,28-29,31-32H2,1-2H3,(H,51,53)(H,60,61)/t39-,42+,43+,45-,47?/m1/s1. The van der Waals surface area contributed by atoms with E-state index in [4.69, 9.17) is 4.98 Å². The third kappa shape index (κ3) is 9.19. The zero-order valence-corrected chi connectivity index (χ0v) is 35.0. The largest absolute Gasteiger partial charge is 0.465 e. The third-order valence-corrected chi connectivity index (χ3v) is 12.5. The van der Waals surface area contributed by atoms with Gasteiger partial charge in [-0.2, -0.15) is 0 Å². The molecule has 4 aromatic carbocycles. The van der Waals surface area contributed by atoms with E-state index in [1.165, 1.54) is 0 Å². The molecule has 3 amide bonds. The van der Waals surface area contributed by atoms with Crippen LogP contribution in [-0.4, -0.2) is 92.1 Å². The Morgan fingerprint density at radius 3 is 2.15 bits per heavy atom. The number of amides is 3. The number of likely N-dealkylation sites (tertiary alicyclic amines) is 2. The number of benzene rings is 4. The summed E-state index contributed by atoms with van der Waals surface area (Å²) >= 11 is 0. The fourth-order valence-electron chi connectivity index (χ4n) is 9.47. The Labute approximate surface area is 358 Å². The average molecular weight is 821 g/mol. The van der Waals surface area contributed by atoms with Gasteiger partial charge in [-0.25, -0.2) is 9.78 Å². The number of aromatic nitrogens is 2. The van der Waals surface area contributed by atoms with Crippen molar-refractivity contribution in [3.05, 3.63) is 145 Å². The number of nitrogens with one attached hydrogen (secondary N) is 3. The van der Waals surface area contributed by atoms with Gasteiger partial charge in [0.05, 0.1) is 24.0 Å². The predicted octanol–water partition coefficient (Wildman–Crippen LogP) is 7.96. The Kier molecular flexibility index (Phi) is 12.8. The lowest BCUT2D eigenvalue weighted by atomic mass is 10.0. The number of anilines is 1. The van der Waals surface area contributed by atoms with Crippen LogP contribution < -0.4 is 15.5 Å². The SMILES string of the molecule is CCN(CC)[C@@H](C(=O)N1CCC[C@H]1c1ncc(-c2ccc(-c3ccc(N4C=CNC4[C@@H]4CCCN4C(=O)C[C@@H](Cc4ccccc4)NC(=O)O)cc3)cc2)[nH]1)c1ccccc1. The number of imidazole rings is 1. The monoisotopic (exact) mass is 820 g/mol. The van der Waals surface area contributed by atoms with Gasteiger partial charge in [0.15, 0.2) is 0 Å². The van der Waals surface area contributed by atoms with Crippen molar-refractivity contribution in [3.63, 3.8) is 0 Å². The number of carbonyl (C=O) groups excluding carboxylic acids is 2. The Bertz CT molecular complexity index is 2280. The number of carboxylic acid groups (broad SMARTS) is 1. The molecule has 2 saturated heterocycles. The average Bonchev–Trinajstić information content (AvgIpc) is 4.13. The fraction of sp³-hybridized carbons (Fsp3) is 0.347. The van der Waals surface area contributed by atoms with E-state index in [1.807, 2.05) is 76.9 Å². The summed E-state index contributed by atoms with van der Waals surface area (Å²) in [5, 5.41) is 15.6. The number of nitrogens with zero attached hydrogens (tertiary/aromatic N) is 5. The minimum absolute atomic E-state index is 0.0468. The van der Waals surface area contributed by atoms with Gasteiger partial charge in [0.2, 0.25) is 11.8 Å². The van der Waals surface area contributed by atoms with E-state index in [1.54, 1.807) is 0 Å². The summed E-state index contributed by atoms with van der Waals surface area (Å²) in [5.41, 5.74) is 7.13. The van der Waals surface area contributed by atoms with E-state index >= 15 is 0 Å². The van der Waals surface area contributed by atoms with Gasteiger partial charge in [0, 0.05) is 43.6 Å².